The predicted octanol–water partition coefficient (Wildman–Crippen LogP) is 3.35. The van der Waals surface area contributed by atoms with Gasteiger partial charge in [-0.05, 0) is 29.3 Å². The van der Waals surface area contributed by atoms with Gasteiger partial charge in [0.2, 0.25) is 6.79 Å². The number of ether oxygens (including phenoxy) is 2. The molecular weight excluding hydrogens is 342 g/mol. The number of carbonyl (C=O) groups is 1. The van der Waals surface area contributed by atoms with Crippen molar-refractivity contribution in [3.8, 4) is 11.5 Å². The Morgan fingerprint density at radius 2 is 1.78 bits per heavy atom. The zero-order chi connectivity index (χ0) is 18.5. The Bertz CT molecular complexity index is 944. The molecule has 1 aromatic heterocycles. The van der Waals surface area contributed by atoms with Crippen LogP contribution in [-0.2, 0) is 13.1 Å². The minimum Gasteiger partial charge on any atom is -0.454 e. The number of fused-ring (bicyclic) bond motifs is 1. The van der Waals surface area contributed by atoms with Crippen LogP contribution in [0.1, 0.15) is 21.5 Å². The van der Waals surface area contributed by atoms with E-state index in [1.54, 1.807) is 18.5 Å². The van der Waals surface area contributed by atoms with E-state index in [0.29, 0.717) is 24.4 Å². The van der Waals surface area contributed by atoms with Gasteiger partial charge in [-0.2, -0.15) is 0 Å². The van der Waals surface area contributed by atoms with Gasteiger partial charge in [-0.15, -0.1) is 0 Å². The topological polar surface area (TPSA) is 72.5 Å². The summed E-state index contributed by atoms with van der Waals surface area (Å²) in [6.07, 6.45) is 3.26. The van der Waals surface area contributed by atoms with Crippen molar-refractivity contribution in [3.63, 3.8) is 0 Å². The van der Waals surface area contributed by atoms with Crippen LogP contribution in [0.2, 0.25) is 0 Å². The molecule has 6 nitrogen and oxygen atoms in total. The zero-order valence-electron chi connectivity index (χ0n) is 14.6. The van der Waals surface area contributed by atoms with E-state index in [0.717, 1.165) is 22.6 Å². The molecule has 4 rings (SSSR count). The molecule has 6 heteroatoms. The predicted molar refractivity (Wildman–Crippen MR) is 102 cm³/mol. The molecule has 2 N–H and O–H groups in total. The van der Waals surface area contributed by atoms with Crippen LogP contribution in [0.4, 0.5) is 5.69 Å². The van der Waals surface area contributed by atoms with Gasteiger partial charge in [0.1, 0.15) is 0 Å². The van der Waals surface area contributed by atoms with Crippen molar-refractivity contribution in [3.05, 3.63) is 83.7 Å². The minimum atomic E-state index is -0.177. The van der Waals surface area contributed by atoms with Gasteiger partial charge in [0.15, 0.2) is 11.5 Å². The van der Waals surface area contributed by atoms with E-state index >= 15 is 0 Å². The first-order valence-corrected chi connectivity index (χ1v) is 8.67. The number of carbonyl (C=O) groups excluding carboxylic acids is 1. The first kappa shape index (κ1) is 16.9. The van der Waals surface area contributed by atoms with E-state index < -0.39 is 0 Å². The van der Waals surface area contributed by atoms with Gasteiger partial charge in [0.25, 0.3) is 5.91 Å². The number of nitrogens with one attached hydrogen (secondary N) is 2. The molecule has 2 aromatic carbocycles. The lowest BCUT2D eigenvalue weighted by Gasteiger charge is -2.09. The Morgan fingerprint density at radius 1 is 0.926 bits per heavy atom. The molecule has 136 valence electrons. The summed E-state index contributed by atoms with van der Waals surface area (Å²) >= 11 is 0. The van der Waals surface area contributed by atoms with Crippen LogP contribution in [0.5, 0.6) is 11.5 Å². The van der Waals surface area contributed by atoms with Gasteiger partial charge in [-0.1, -0.05) is 36.4 Å². The number of anilines is 1. The second kappa shape index (κ2) is 7.78. The molecular formula is C21H19N3O3. The third-order valence-corrected chi connectivity index (χ3v) is 4.23. The van der Waals surface area contributed by atoms with E-state index in [2.05, 4.69) is 15.6 Å². The monoisotopic (exact) mass is 361 g/mol. The fraction of sp³-hybridized carbons (Fsp3) is 0.143. The van der Waals surface area contributed by atoms with Gasteiger partial charge >= 0.3 is 0 Å². The molecule has 0 fully saturated rings. The van der Waals surface area contributed by atoms with E-state index in [1.165, 1.54) is 0 Å². The van der Waals surface area contributed by atoms with Crippen molar-refractivity contribution in [2.75, 3.05) is 12.1 Å². The molecule has 3 aromatic rings. The molecule has 0 saturated heterocycles. The smallest absolute Gasteiger partial charge is 0.253 e. The minimum absolute atomic E-state index is 0.177. The number of aromatic nitrogens is 1. The fourth-order valence-corrected chi connectivity index (χ4v) is 2.80. The van der Waals surface area contributed by atoms with E-state index in [4.69, 9.17) is 9.47 Å². The van der Waals surface area contributed by atoms with Crippen molar-refractivity contribution >= 4 is 11.6 Å². The summed E-state index contributed by atoms with van der Waals surface area (Å²) in [6.45, 7) is 1.31. The summed E-state index contributed by atoms with van der Waals surface area (Å²) in [4.78, 5) is 16.6. The molecule has 0 bridgehead atoms. The third kappa shape index (κ3) is 4.17. The highest BCUT2D eigenvalue weighted by molar-refractivity contribution is 5.94. The number of rotatable bonds is 6. The van der Waals surface area contributed by atoms with Gasteiger partial charge in [-0.3, -0.25) is 9.78 Å². The highest BCUT2D eigenvalue weighted by Crippen LogP contribution is 2.32. The average Bonchev–Trinajstić information content (AvgIpc) is 3.19. The third-order valence-electron chi connectivity index (χ3n) is 4.23. The highest BCUT2D eigenvalue weighted by Gasteiger charge is 2.14. The van der Waals surface area contributed by atoms with Gasteiger partial charge in [0.05, 0.1) is 11.3 Å². The maximum Gasteiger partial charge on any atom is 0.253 e. The summed E-state index contributed by atoms with van der Waals surface area (Å²) in [5.74, 6) is 1.26. The fourth-order valence-electron chi connectivity index (χ4n) is 2.80. The molecule has 0 spiro atoms. The lowest BCUT2D eigenvalue weighted by molar-refractivity contribution is 0.0950. The quantitative estimate of drug-likeness (QED) is 0.704. The average molecular weight is 361 g/mol. The number of hydrogen-bond donors (Lipinski definition) is 2. The van der Waals surface area contributed by atoms with E-state index in [1.807, 2.05) is 48.5 Å². The van der Waals surface area contributed by atoms with Crippen molar-refractivity contribution in [2.24, 2.45) is 0 Å². The summed E-state index contributed by atoms with van der Waals surface area (Å²) in [6, 6.07) is 17.5. The maximum absolute atomic E-state index is 12.4. The SMILES string of the molecule is O=C(NCc1ccc2c(c1)OCO2)c1cncc(NCc2ccccc2)c1. The molecule has 1 aliphatic heterocycles. The normalized spacial score (nSPS) is 11.9. The molecule has 1 amide bonds. The molecule has 0 radical (unpaired) electrons. The summed E-state index contributed by atoms with van der Waals surface area (Å²) in [5.41, 5.74) is 3.41. The summed E-state index contributed by atoms with van der Waals surface area (Å²) in [5, 5.41) is 6.19. The highest BCUT2D eigenvalue weighted by atomic mass is 16.7. The molecule has 0 atom stereocenters. The Kier molecular flexibility index (Phi) is 4.87. The lowest BCUT2D eigenvalue weighted by Crippen LogP contribution is -2.23. The van der Waals surface area contributed by atoms with Gasteiger partial charge in [0, 0.05) is 25.5 Å². The second-order valence-electron chi connectivity index (χ2n) is 6.17. The molecule has 0 unspecified atom stereocenters. The molecule has 0 aliphatic carbocycles. The zero-order valence-corrected chi connectivity index (χ0v) is 14.6. The lowest BCUT2D eigenvalue weighted by atomic mass is 10.2. The summed E-state index contributed by atoms with van der Waals surface area (Å²) in [7, 11) is 0. The molecule has 27 heavy (non-hydrogen) atoms. The van der Waals surface area contributed by atoms with Crippen LogP contribution in [0.3, 0.4) is 0 Å². The maximum atomic E-state index is 12.4. The van der Waals surface area contributed by atoms with Crippen LogP contribution in [0.25, 0.3) is 0 Å². The van der Waals surface area contributed by atoms with Gasteiger partial charge < -0.3 is 20.1 Å². The Morgan fingerprint density at radius 3 is 2.67 bits per heavy atom. The van der Waals surface area contributed by atoms with Crippen molar-refractivity contribution in [2.45, 2.75) is 13.1 Å². The van der Waals surface area contributed by atoms with E-state index in [-0.39, 0.29) is 12.7 Å². The summed E-state index contributed by atoms with van der Waals surface area (Å²) < 4.78 is 10.6. The first-order valence-electron chi connectivity index (χ1n) is 8.67. The van der Waals surface area contributed by atoms with Crippen molar-refractivity contribution < 1.29 is 14.3 Å². The second-order valence-corrected chi connectivity index (χ2v) is 6.17. The van der Waals surface area contributed by atoms with Crippen LogP contribution < -0.4 is 20.1 Å². The molecule has 0 saturated carbocycles. The van der Waals surface area contributed by atoms with Crippen LogP contribution in [-0.4, -0.2) is 17.7 Å². The number of hydrogen-bond acceptors (Lipinski definition) is 5. The Hall–Kier alpha value is -3.54. The number of pyridine rings is 1. The van der Waals surface area contributed by atoms with Crippen LogP contribution in [0.15, 0.2) is 67.0 Å². The van der Waals surface area contributed by atoms with E-state index in [9.17, 15) is 4.79 Å². The Labute approximate surface area is 157 Å². The number of amides is 1. The largest absolute Gasteiger partial charge is 0.454 e. The molecule has 2 heterocycles. The number of benzene rings is 2. The Balaban J connectivity index is 1.36. The standard InChI is InChI=1S/C21H19N3O3/c25-21(24-11-16-6-7-19-20(8-16)27-14-26-19)17-9-18(13-22-12-17)23-10-15-4-2-1-3-5-15/h1-9,12-13,23H,10-11,14H2,(H,24,25). The van der Waals surface area contributed by atoms with Crippen LogP contribution >= 0.6 is 0 Å². The number of nitrogens with zero attached hydrogens (tertiary/aromatic N) is 1. The van der Waals surface area contributed by atoms with Crippen molar-refractivity contribution in [1.82, 2.24) is 10.3 Å². The van der Waals surface area contributed by atoms with Crippen LogP contribution in [0, 0.1) is 0 Å². The molecule has 1 aliphatic rings. The van der Waals surface area contributed by atoms with Crippen molar-refractivity contribution in [1.29, 1.82) is 0 Å². The first-order chi connectivity index (χ1) is 13.3. The van der Waals surface area contributed by atoms with Gasteiger partial charge in [-0.25, -0.2) is 0 Å².